The second-order valence-corrected chi connectivity index (χ2v) is 6.13. The van der Waals surface area contributed by atoms with Crippen LogP contribution in [0.25, 0.3) is 5.69 Å². The molecule has 1 aliphatic rings. The molecule has 0 atom stereocenters. The van der Waals surface area contributed by atoms with Gasteiger partial charge in [-0.1, -0.05) is 0 Å². The van der Waals surface area contributed by atoms with Crippen LogP contribution < -0.4 is 10.2 Å². The molecule has 1 fully saturated rings. The summed E-state index contributed by atoms with van der Waals surface area (Å²) in [7, 11) is 2.08. The lowest BCUT2D eigenvalue weighted by molar-refractivity contribution is -0.123. The van der Waals surface area contributed by atoms with E-state index in [1.807, 2.05) is 12.1 Å². The van der Waals surface area contributed by atoms with E-state index in [0.29, 0.717) is 5.69 Å². The molecule has 0 spiro atoms. The maximum absolute atomic E-state index is 12.3. The summed E-state index contributed by atoms with van der Waals surface area (Å²) in [5, 5.41) is 9.07. The number of likely N-dealkylation sites (N-methyl/N-ethyl adjacent to an activating group) is 1. The number of benzene rings is 1. The molecule has 0 unspecified atom stereocenters. The number of anilines is 1. The van der Waals surface area contributed by atoms with Crippen molar-refractivity contribution in [2.45, 2.75) is 6.18 Å². The predicted octanol–water partition coefficient (Wildman–Crippen LogP) is 1.31. The molecule has 10 heteroatoms. The van der Waals surface area contributed by atoms with Crippen LogP contribution in [0, 0.1) is 0 Å². The van der Waals surface area contributed by atoms with E-state index in [1.54, 1.807) is 17.4 Å². The van der Waals surface area contributed by atoms with E-state index in [1.165, 1.54) is 10.9 Å². The Labute approximate surface area is 148 Å². The van der Waals surface area contributed by atoms with E-state index in [-0.39, 0.29) is 5.82 Å². The van der Waals surface area contributed by atoms with Gasteiger partial charge < -0.3 is 15.1 Å². The minimum absolute atomic E-state index is 0.193. The van der Waals surface area contributed by atoms with Gasteiger partial charge in [-0.2, -0.15) is 13.2 Å². The lowest BCUT2D eigenvalue weighted by Gasteiger charge is -2.34. The molecular formula is C16H19F3N6O. The summed E-state index contributed by atoms with van der Waals surface area (Å²) in [6.45, 7) is 2.40. The van der Waals surface area contributed by atoms with Gasteiger partial charge in [0.15, 0.2) is 0 Å². The Bertz CT molecular complexity index is 750. The van der Waals surface area contributed by atoms with Crippen molar-refractivity contribution >= 4 is 11.6 Å². The molecule has 1 aliphatic heterocycles. The smallest absolute Gasteiger partial charge is 0.369 e. The fourth-order valence-electron chi connectivity index (χ4n) is 2.73. The van der Waals surface area contributed by atoms with Crippen LogP contribution >= 0.6 is 0 Å². The number of carbonyl (C=O) groups excluding carboxylic acids is 1. The highest BCUT2D eigenvalue weighted by Crippen LogP contribution is 2.19. The Morgan fingerprint density at radius 3 is 2.35 bits per heavy atom. The number of rotatable bonds is 4. The van der Waals surface area contributed by atoms with E-state index in [9.17, 15) is 18.0 Å². The van der Waals surface area contributed by atoms with Gasteiger partial charge in [0.25, 0.3) is 5.91 Å². The van der Waals surface area contributed by atoms with Crippen LogP contribution in [-0.4, -0.2) is 71.5 Å². The second kappa shape index (κ2) is 7.32. The molecule has 0 radical (unpaired) electrons. The van der Waals surface area contributed by atoms with E-state index >= 15 is 0 Å². The molecule has 7 nitrogen and oxygen atoms in total. The molecule has 1 saturated heterocycles. The zero-order valence-electron chi connectivity index (χ0n) is 14.2. The van der Waals surface area contributed by atoms with Crippen molar-refractivity contribution in [1.82, 2.24) is 25.0 Å². The van der Waals surface area contributed by atoms with Gasteiger partial charge in [-0.3, -0.25) is 9.36 Å². The molecule has 2 heterocycles. The molecule has 2 aromatic rings. The quantitative estimate of drug-likeness (QED) is 0.882. The zero-order chi connectivity index (χ0) is 18.7. The molecule has 140 valence electrons. The third-order valence-electron chi connectivity index (χ3n) is 4.20. The Kier molecular flexibility index (Phi) is 5.12. The Hall–Kier alpha value is -2.62. The summed E-state index contributed by atoms with van der Waals surface area (Å²) < 4.78 is 38.1. The number of amides is 1. The van der Waals surface area contributed by atoms with Crippen molar-refractivity contribution < 1.29 is 18.0 Å². The number of nitrogens with zero attached hydrogens (tertiary/aromatic N) is 5. The molecule has 0 bridgehead atoms. The third kappa shape index (κ3) is 4.31. The van der Waals surface area contributed by atoms with Crippen molar-refractivity contribution in [3.63, 3.8) is 0 Å². The molecule has 0 aliphatic carbocycles. The third-order valence-corrected chi connectivity index (χ3v) is 4.20. The number of piperazine rings is 1. The van der Waals surface area contributed by atoms with E-state index in [2.05, 4.69) is 27.0 Å². The first-order valence-corrected chi connectivity index (χ1v) is 8.12. The zero-order valence-corrected chi connectivity index (χ0v) is 14.2. The normalized spacial score (nSPS) is 15.9. The monoisotopic (exact) mass is 368 g/mol. The van der Waals surface area contributed by atoms with Gasteiger partial charge in [0.1, 0.15) is 12.9 Å². The maximum atomic E-state index is 12.3. The summed E-state index contributed by atoms with van der Waals surface area (Å²) in [6.07, 6.45) is -3.18. The van der Waals surface area contributed by atoms with Crippen molar-refractivity contribution in [3.05, 3.63) is 36.4 Å². The number of nitrogens with one attached hydrogen (secondary N) is 1. The van der Waals surface area contributed by atoms with Crippen LogP contribution in [0.2, 0.25) is 0 Å². The number of hydrogen-bond acceptors (Lipinski definition) is 5. The largest absolute Gasteiger partial charge is 0.405 e. The highest BCUT2D eigenvalue weighted by Gasteiger charge is 2.29. The van der Waals surface area contributed by atoms with Gasteiger partial charge in [0, 0.05) is 37.6 Å². The first-order valence-electron chi connectivity index (χ1n) is 8.12. The average molecular weight is 368 g/mol. The maximum Gasteiger partial charge on any atom is 0.405 e. The topological polar surface area (TPSA) is 66.3 Å². The van der Waals surface area contributed by atoms with Crippen molar-refractivity contribution in [3.8, 4) is 5.69 Å². The van der Waals surface area contributed by atoms with E-state index in [0.717, 1.165) is 31.9 Å². The number of carbonyl (C=O) groups is 1. The summed E-state index contributed by atoms with van der Waals surface area (Å²) in [4.78, 5) is 16.5. The number of aromatic nitrogens is 3. The summed E-state index contributed by atoms with van der Waals surface area (Å²) in [6, 6.07) is 7.41. The first-order chi connectivity index (χ1) is 12.3. The lowest BCUT2D eigenvalue weighted by Crippen LogP contribution is -2.44. The van der Waals surface area contributed by atoms with Crippen LogP contribution in [0.4, 0.5) is 18.9 Å². The molecule has 1 N–H and O–H groups in total. The Morgan fingerprint density at radius 2 is 1.73 bits per heavy atom. The number of hydrogen-bond donors (Lipinski definition) is 1. The van der Waals surface area contributed by atoms with Gasteiger partial charge in [-0.05, 0) is 31.3 Å². The van der Waals surface area contributed by atoms with E-state index < -0.39 is 18.6 Å². The number of halogens is 3. The summed E-state index contributed by atoms with van der Waals surface area (Å²) in [5.41, 5.74) is 1.66. The fourth-order valence-corrected chi connectivity index (χ4v) is 2.73. The van der Waals surface area contributed by atoms with E-state index in [4.69, 9.17) is 0 Å². The van der Waals surface area contributed by atoms with Gasteiger partial charge in [-0.25, -0.2) is 0 Å². The molecule has 3 rings (SSSR count). The van der Waals surface area contributed by atoms with Crippen molar-refractivity contribution in [1.29, 1.82) is 0 Å². The number of alkyl halides is 3. The molecule has 1 aromatic carbocycles. The molecule has 1 amide bonds. The predicted molar refractivity (Wildman–Crippen MR) is 89.5 cm³/mol. The van der Waals surface area contributed by atoms with Crippen LogP contribution in [-0.2, 0) is 0 Å². The second-order valence-electron chi connectivity index (χ2n) is 6.13. The minimum Gasteiger partial charge on any atom is -0.369 e. The van der Waals surface area contributed by atoms with Gasteiger partial charge in [0.05, 0.1) is 0 Å². The van der Waals surface area contributed by atoms with Crippen molar-refractivity contribution in [2.24, 2.45) is 0 Å². The standard InChI is InChI=1S/C16H19F3N6O/c1-23-6-8-24(9-7-23)12-2-4-13(5-3-12)25-11-21-22-14(25)15(26)20-10-16(17,18)19/h2-5,11H,6-10H2,1H3,(H,20,26). The van der Waals surface area contributed by atoms with Crippen LogP contribution in [0.3, 0.4) is 0 Å². The van der Waals surface area contributed by atoms with Gasteiger partial charge >= 0.3 is 6.18 Å². The molecule has 26 heavy (non-hydrogen) atoms. The van der Waals surface area contributed by atoms with Crippen LogP contribution in [0.15, 0.2) is 30.6 Å². The van der Waals surface area contributed by atoms with Crippen LogP contribution in [0.5, 0.6) is 0 Å². The average Bonchev–Trinajstić information content (AvgIpc) is 3.10. The Morgan fingerprint density at radius 1 is 1.12 bits per heavy atom. The molecule has 0 saturated carbocycles. The van der Waals surface area contributed by atoms with Gasteiger partial charge in [-0.15, -0.1) is 10.2 Å². The molecule has 1 aromatic heterocycles. The highest BCUT2D eigenvalue weighted by molar-refractivity contribution is 5.91. The fraction of sp³-hybridized carbons (Fsp3) is 0.438. The minimum atomic E-state index is -4.48. The molecular weight excluding hydrogens is 349 g/mol. The summed E-state index contributed by atoms with van der Waals surface area (Å²) in [5.74, 6) is -1.12. The first kappa shape index (κ1) is 18.2. The highest BCUT2D eigenvalue weighted by atomic mass is 19.4. The SMILES string of the molecule is CN1CCN(c2ccc(-n3cnnc3C(=O)NCC(F)(F)F)cc2)CC1. The Balaban J connectivity index is 1.72. The van der Waals surface area contributed by atoms with Crippen LogP contribution in [0.1, 0.15) is 10.6 Å². The van der Waals surface area contributed by atoms with Crippen molar-refractivity contribution in [2.75, 3.05) is 44.7 Å². The lowest BCUT2D eigenvalue weighted by atomic mass is 10.2. The van der Waals surface area contributed by atoms with Gasteiger partial charge in [0.2, 0.25) is 5.82 Å². The summed E-state index contributed by atoms with van der Waals surface area (Å²) >= 11 is 0.